The van der Waals surface area contributed by atoms with E-state index in [-0.39, 0.29) is 11.7 Å². The molecule has 1 fully saturated rings. The summed E-state index contributed by atoms with van der Waals surface area (Å²) in [5.41, 5.74) is 5.25. The highest BCUT2D eigenvalue weighted by atomic mass is 19.1. The Bertz CT molecular complexity index is 1510. The SMILES string of the molecule is Cc1cnc(C(CF)Nc2ccc3c(c2)Cc2cccc(C4CN(c5ccc[nH]c5=O)CCO4)c2O3)nc1. The van der Waals surface area contributed by atoms with Gasteiger partial charge in [0, 0.05) is 54.9 Å². The number of morpholine rings is 1. The van der Waals surface area contributed by atoms with Crippen LogP contribution in [0.3, 0.4) is 0 Å². The van der Waals surface area contributed by atoms with Gasteiger partial charge in [-0.05, 0) is 48.4 Å². The smallest absolute Gasteiger partial charge is 0.271 e. The van der Waals surface area contributed by atoms with Crippen molar-refractivity contribution < 1.29 is 13.9 Å². The summed E-state index contributed by atoms with van der Waals surface area (Å²) in [4.78, 5) is 25.7. The summed E-state index contributed by atoms with van der Waals surface area (Å²) in [5, 5.41) is 3.22. The van der Waals surface area contributed by atoms with E-state index < -0.39 is 12.7 Å². The van der Waals surface area contributed by atoms with E-state index in [9.17, 15) is 9.18 Å². The second-order valence-electron chi connectivity index (χ2n) is 9.60. The first-order chi connectivity index (χ1) is 18.6. The molecule has 2 N–H and O–H groups in total. The molecule has 0 spiro atoms. The number of halogens is 1. The Balaban J connectivity index is 1.22. The molecule has 2 atom stereocenters. The minimum Gasteiger partial charge on any atom is -0.456 e. The molecule has 6 rings (SSSR count). The van der Waals surface area contributed by atoms with Crippen molar-refractivity contribution in [3.63, 3.8) is 0 Å². The lowest BCUT2D eigenvalue weighted by molar-refractivity contribution is 0.0383. The number of aromatic amines is 1. The summed E-state index contributed by atoms with van der Waals surface area (Å²) in [7, 11) is 0. The number of benzene rings is 2. The molecule has 0 saturated carbocycles. The third-order valence-corrected chi connectivity index (χ3v) is 6.94. The molecule has 0 radical (unpaired) electrons. The monoisotopic (exact) mass is 513 g/mol. The van der Waals surface area contributed by atoms with Gasteiger partial charge in [-0.3, -0.25) is 4.79 Å². The first-order valence-corrected chi connectivity index (χ1v) is 12.7. The van der Waals surface area contributed by atoms with Crippen LogP contribution in [0.25, 0.3) is 0 Å². The highest BCUT2D eigenvalue weighted by molar-refractivity contribution is 5.59. The lowest BCUT2D eigenvalue weighted by Crippen LogP contribution is -2.41. The minimum atomic E-state index is -0.639. The zero-order valence-electron chi connectivity index (χ0n) is 21.0. The number of aryl methyl sites for hydroxylation is 1. The molecule has 1 saturated heterocycles. The van der Waals surface area contributed by atoms with Gasteiger partial charge in [-0.15, -0.1) is 0 Å². The van der Waals surface area contributed by atoms with E-state index >= 15 is 0 Å². The van der Waals surface area contributed by atoms with Crippen LogP contribution in [-0.2, 0) is 11.2 Å². The van der Waals surface area contributed by atoms with Crippen molar-refractivity contribution >= 4 is 11.4 Å². The van der Waals surface area contributed by atoms with E-state index in [1.54, 1.807) is 18.6 Å². The summed E-state index contributed by atoms with van der Waals surface area (Å²) in [6.45, 7) is 2.97. The predicted molar refractivity (Wildman–Crippen MR) is 143 cm³/mol. The van der Waals surface area contributed by atoms with Crippen molar-refractivity contribution in [2.45, 2.75) is 25.5 Å². The fourth-order valence-electron chi connectivity index (χ4n) is 5.02. The van der Waals surface area contributed by atoms with Crippen LogP contribution >= 0.6 is 0 Å². The van der Waals surface area contributed by atoms with Crippen LogP contribution < -0.4 is 20.5 Å². The summed E-state index contributed by atoms with van der Waals surface area (Å²) >= 11 is 0. The largest absolute Gasteiger partial charge is 0.456 e. The predicted octanol–water partition coefficient (Wildman–Crippen LogP) is 4.87. The Morgan fingerprint density at radius 2 is 2.03 bits per heavy atom. The number of rotatable bonds is 6. The van der Waals surface area contributed by atoms with Gasteiger partial charge in [0.15, 0.2) is 5.82 Å². The van der Waals surface area contributed by atoms with Gasteiger partial charge < -0.3 is 24.7 Å². The molecule has 0 amide bonds. The van der Waals surface area contributed by atoms with Crippen LogP contribution in [0.2, 0.25) is 0 Å². The van der Waals surface area contributed by atoms with Gasteiger partial charge >= 0.3 is 0 Å². The van der Waals surface area contributed by atoms with Crippen molar-refractivity contribution in [1.29, 1.82) is 0 Å². The first-order valence-electron chi connectivity index (χ1n) is 12.7. The van der Waals surface area contributed by atoms with Crippen molar-refractivity contribution in [3.8, 4) is 11.5 Å². The fraction of sp³-hybridized carbons (Fsp3) is 0.276. The number of hydrogen-bond acceptors (Lipinski definition) is 7. The number of nitrogens with one attached hydrogen (secondary N) is 2. The molecular formula is C29H28FN5O3. The summed E-state index contributed by atoms with van der Waals surface area (Å²) in [6.07, 6.45) is 5.45. The molecule has 9 heteroatoms. The van der Waals surface area contributed by atoms with Crippen LogP contribution in [0.4, 0.5) is 15.8 Å². The number of H-pyrrole nitrogens is 1. The Morgan fingerprint density at radius 3 is 2.84 bits per heavy atom. The second kappa shape index (κ2) is 10.3. The molecular weight excluding hydrogens is 485 g/mol. The number of anilines is 2. The molecule has 2 aromatic carbocycles. The third-order valence-electron chi connectivity index (χ3n) is 6.94. The van der Waals surface area contributed by atoms with Crippen LogP contribution in [0.1, 0.15) is 40.2 Å². The molecule has 2 aromatic heterocycles. The first kappa shape index (κ1) is 24.1. The topological polar surface area (TPSA) is 92.4 Å². The van der Waals surface area contributed by atoms with Gasteiger partial charge in [-0.1, -0.05) is 18.2 Å². The van der Waals surface area contributed by atoms with Gasteiger partial charge in [0.05, 0.1) is 6.61 Å². The number of aromatic nitrogens is 3. The molecule has 0 bridgehead atoms. The lowest BCUT2D eigenvalue weighted by Gasteiger charge is -2.35. The molecule has 38 heavy (non-hydrogen) atoms. The van der Waals surface area contributed by atoms with Gasteiger partial charge in [-0.25, -0.2) is 14.4 Å². The maximum Gasteiger partial charge on any atom is 0.271 e. The Morgan fingerprint density at radius 1 is 1.16 bits per heavy atom. The third kappa shape index (κ3) is 4.72. The normalized spacial score (nSPS) is 17.2. The summed E-state index contributed by atoms with van der Waals surface area (Å²) < 4.78 is 26.4. The Labute approximate surface area is 219 Å². The van der Waals surface area contributed by atoms with Crippen molar-refractivity contribution in [1.82, 2.24) is 15.0 Å². The highest BCUT2D eigenvalue weighted by Crippen LogP contribution is 2.43. The van der Waals surface area contributed by atoms with Crippen molar-refractivity contribution in [2.75, 3.05) is 36.6 Å². The number of nitrogens with zero attached hydrogens (tertiary/aromatic N) is 3. The Kier molecular flexibility index (Phi) is 6.51. The van der Waals surface area contributed by atoms with E-state index in [4.69, 9.17) is 9.47 Å². The standard InChI is InChI=1S/C29H28FN5O3/c1-18-15-32-28(33-16-18)23(14-30)34-21-7-8-25-20(13-21)12-19-4-2-5-22(27(19)38-25)26-17-35(10-11-37-26)24-6-3-9-31-29(24)36/h2-9,13,15-16,23,26,34H,10-12,14,17H2,1H3,(H,31,36). The van der Waals surface area contributed by atoms with Crippen LogP contribution in [0.15, 0.2) is 71.9 Å². The molecule has 4 aromatic rings. The van der Waals surface area contributed by atoms with Gasteiger partial charge in [0.25, 0.3) is 5.56 Å². The van der Waals surface area contributed by atoms with Crippen molar-refractivity contribution in [2.24, 2.45) is 0 Å². The number of pyridine rings is 1. The Hall–Kier alpha value is -4.24. The van der Waals surface area contributed by atoms with Crippen LogP contribution in [-0.4, -0.2) is 41.3 Å². The average Bonchev–Trinajstić information content (AvgIpc) is 2.95. The average molecular weight is 514 g/mol. The zero-order valence-corrected chi connectivity index (χ0v) is 21.0. The highest BCUT2D eigenvalue weighted by Gasteiger charge is 2.29. The fourth-order valence-corrected chi connectivity index (χ4v) is 5.02. The molecule has 4 heterocycles. The molecule has 2 aliphatic heterocycles. The molecule has 8 nitrogen and oxygen atoms in total. The number of fused-ring (bicyclic) bond motifs is 2. The number of para-hydroxylation sites is 1. The maximum absolute atomic E-state index is 13.8. The molecule has 2 unspecified atom stereocenters. The number of ether oxygens (including phenoxy) is 2. The van der Waals surface area contributed by atoms with Crippen molar-refractivity contribution in [3.05, 3.63) is 106 Å². The molecule has 194 valence electrons. The van der Waals surface area contributed by atoms with Gasteiger partial charge in [-0.2, -0.15) is 0 Å². The summed E-state index contributed by atoms with van der Waals surface area (Å²) in [6, 6.07) is 14.9. The second-order valence-corrected chi connectivity index (χ2v) is 9.60. The van der Waals surface area contributed by atoms with E-state index in [1.807, 2.05) is 49.4 Å². The van der Waals surface area contributed by atoms with E-state index in [2.05, 4.69) is 31.2 Å². The van der Waals surface area contributed by atoms with E-state index in [1.165, 1.54) is 0 Å². The van der Waals surface area contributed by atoms with E-state index in [0.717, 1.165) is 39.4 Å². The number of alkyl halides is 1. The minimum absolute atomic E-state index is 0.109. The molecule has 0 aliphatic carbocycles. The van der Waals surface area contributed by atoms with Crippen LogP contribution in [0.5, 0.6) is 11.5 Å². The zero-order chi connectivity index (χ0) is 26.1. The summed E-state index contributed by atoms with van der Waals surface area (Å²) in [5.74, 6) is 1.97. The quantitative estimate of drug-likeness (QED) is 0.335. The van der Waals surface area contributed by atoms with E-state index in [0.29, 0.717) is 37.6 Å². The van der Waals surface area contributed by atoms with Gasteiger partial charge in [0.2, 0.25) is 0 Å². The van der Waals surface area contributed by atoms with Crippen LogP contribution in [0, 0.1) is 6.92 Å². The molecule has 2 aliphatic rings. The van der Waals surface area contributed by atoms with Gasteiger partial charge in [0.1, 0.15) is 36.0 Å². The maximum atomic E-state index is 13.8. The number of hydrogen-bond donors (Lipinski definition) is 2. The lowest BCUT2D eigenvalue weighted by atomic mass is 9.95.